The maximum Gasteiger partial charge on any atom is 0.251 e. The van der Waals surface area contributed by atoms with E-state index in [0.29, 0.717) is 12.1 Å². The number of likely N-dealkylation sites (N-methyl/N-ethyl adjacent to an activating group) is 1. The number of carbonyl (C=O) groups excluding carboxylic acids is 1. The number of benzene rings is 2. The second-order valence-corrected chi connectivity index (χ2v) is 6.98. The molecule has 0 spiro atoms. The van der Waals surface area contributed by atoms with Crippen LogP contribution in [0, 0.1) is 12.7 Å². The van der Waals surface area contributed by atoms with Gasteiger partial charge in [-0.2, -0.15) is 0 Å². The van der Waals surface area contributed by atoms with Crippen molar-refractivity contribution in [3.05, 3.63) is 71.0 Å². The van der Waals surface area contributed by atoms with Crippen LogP contribution in [0.4, 0.5) is 4.39 Å². The van der Waals surface area contributed by atoms with Gasteiger partial charge in [-0.15, -0.1) is 0 Å². The summed E-state index contributed by atoms with van der Waals surface area (Å²) in [6, 6.07) is 14.3. The summed E-state index contributed by atoms with van der Waals surface area (Å²) in [5.74, 6) is -0.507. The molecule has 2 aromatic rings. The lowest BCUT2D eigenvalue weighted by molar-refractivity contribution is 0.0886. The number of rotatable bonds is 5. The van der Waals surface area contributed by atoms with Crippen LogP contribution in [-0.2, 0) is 0 Å². The van der Waals surface area contributed by atoms with Crippen molar-refractivity contribution in [1.82, 2.24) is 15.1 Å². The average molecular weight is 355 g/mol. The van der Waals surface area contributed by atoms with Crippen LogP contribution >= 0.6 is 0 Å². The molecule has 1 aliphatic rings. The van der Waals surface area contributed by atoms with Gasteiger partial charge in [-0.05, 0) is 43.8 Å². The molecule has 0 aromatic heterocycles. The zero-order valence-corrected chi connectivity index (χ0v) is 15.4. The van der Waals surface area contributed by atoms with Crippen molar-refractivity contribution in [3.8, 4) is 0 Å². The van der Waals surface area contributed by atoms with Gasteiger partial charge in [0, 0.05) is 38.3 Å². The number of hydrogen-bond donors (Lipinski definition) is 1. The predicted molar refractivity (Wildman–Crippen MR) is 102 cm³/mol. The first-order valence-electron chi connectivity index (χ1n) is 9.06. The van der Waals surface area contributed by atoms with Crippen molar-refractivity contribution in [2.75, 3.05) is 39.8 Å². The third-order valence-corrected chi connectivity index (χ3v) is 5.00. The molecule has 0 radical (unpaired) electrons. The van der Waals surface area contributed by atoms with Gasteiger partial charge in [-0.1, -0.05) is 29.8 Å². The van der Waals surface area contributed by atoms with Gasteiger partial charge < -0.3 is 10.2 Å². The van der Waals surface area contributed by atoms with Crippen LogP contribution in [-0.4, -0.2) is 55.5 Å². The highest BCUT2D eigenvalue weighted by Gasteiger charge is 2.24. The van der Waals surface area contributed by atoms with Crippen LogP contribution in [0.1, 0.15) is 27.5 Å². The van der Waals surface area contributed by atoms with Gasteiger partial charge in [0.1, 0.15) is 5.82 Å². The maximum absolute atomic E-state index is 13.1. The van der Waals surface area contributed by atoms with Crippen molar-refractivity contribution < 1.29 is 9.18 Å². The van der Waals surface area contributed by atoms with E-state index in [0.717, 1.165) is 26.2 Å². The molecular weight excluding hydrogens is 329 g/mol. The van der Waals surface area contributed by atoms with Crippen molar-refractivity contribution in [2.24, 2.45) is 0 Å². The summed E-state index contributed by atoms with van der Waals surface area (Å²) in [7, 11) is 2.13. The highest BCUT2D eigenvalue weighted by molar-refractivity contribution is 5.94. The Kier molecular flexibility index (Phi) is 6.01. The number of aryl methyl sites for hydroxylation is 1. The highest BCUT2D eigenvalue weighted by Crippen LogP contribution is 2.22. The van der Waals surface area contributed by atoms with Crippen molar-refractivity contribution in [2.45, 2.75) is 13.0 Å². The SMILES string of the molecule is Cc1ccc([C@@H](CNC(=O)c2ccc(F)cc2)N2CCN(C)CC2)cc1. The molecule has 1 aliphatic heterocycles. The van der Waals surface area contributed by atoms with Gasteiger partial charge in [0.2, 0.25) is 0 Å². The van der Waals surface area contributed by atoms with E-state index in [-0.39, 0.29) is 17.8 Å². The molecule has 0 bridgehead atoms. The normalized spacial score (nSPS) is 17.0. The van der Waals surface area contributed by atoms with E-state index >= 15 is 0 Å². The third-order valence-electron chi connectivity index (χ3n) is 5.00. The fraction of sp³-hybridized carbons (Fsp3) is 0.381. The topological polar surface area (TPSA) is 35.6 Å². The Morgan fingerprint density at radius 1 is 1.04 bits per heavy atom. The lowest BCUT2D eigenvalue weighted by Gasteiger charge is -2.38. The van der Waals surface area contributed by atoms with E-state index in [9.17, 15) is 9.18 Å². The molecule has 0 aliphatic carbocycles. The number of carbonyl (C=O) groups is 1. The van der Waals surface area contributed by atoms with Crippen LogP contribution in [0.3, 0.4) is 0 Å². The molecule has 1 N–H and O–H groups in total. The first kappa shape index (κ1) is 18.5. The van der Waals surface area contributed by atoms with Gasteiger partial charge in [0.25, 0.3) is 5.91 Å². The molecule has 1 atom stereocenters. The quantitative estimate of drug-likeness (QED) is 0.896. The average Bonchev–Trinajstić information content (AvgIpc) is 2.65. The Morgan fingerprint density at radius 3 is 2.27 bits per heavy atom. The van der Waals surface area contributed by atoms with E-state index in [1.54, 1.807) is 0 Å². The van der Waals surface area contributed by atoms with Crippen molar-refractivity contribution in [1.29, 1.82) is 0 Å². The molecule has 3 rings (SSSR count). The Balaban J connectivity index is 1.71. The minimum Gasteiger partial charge on any atom is -0.350 e. The minimum absolute atomic E-state index is 0.133. The number of nitrogens with one attached hydrogen (secondary N) is 1. The molecule has 138 valence electrons. The Labute approximate surface area is 154 Å². The van der Waals surface area contributed by atoms with Gasteiger partial charge in [0.15, 0.2) is 0 Å². The van der Waals surface area contributed by atoms with Gasteiger partial charge in [0.05, 0.1) is 6.04 Å². The summed E-state index contributed by atoms with van der Waals surface area (Å²) < 4.78 is 13.1. The van der Waals surface area contributed by atoms with Crippen molar-refractivity contribution >= 4 is 5.91 Å². The molecule has 1 amide bonds. The van der Waals surface area contributed by atoms with Gasteiger partial charge >= 0.3 is 0 Å². The number of halogens is 1. The van der Waals surface area contributed by atoms with Crippen molar-refractivity contribution in [3.63, 3.8) is 0 Å². The Hall–Kier alpha value is -2.24. The summed E-state index contributed by atoms with van der Waals surface area (Å²) in [5.41, 5.74) is 2.91. The van der Waals surface area contributed by atoms with E-state index < -0.39 is 0 Å². The molecule has 2 aromatic carbocycles. The number of nitrogens with zero attached hydrogens (tertiary/aromatic N) is 2. The van der Waals surface area contributed by atoms with E-state index in [1.165, 1.54) is 35.4 Å². The van der Waals surface area contributed by atoms with Gasteiger partial charge in [-0.25, -0.2) is 4.39 Å². The zero-order valence-electron chi connectivity index (χ0n) is 15.4. The molecule has 4 nitrogen and oxygen atoms in total. The number of amides is 1. The summed E-state index contributed by atoms with van der Waals surface area (Å²) in [5, 5.41) is 3.02. The second kappa shape index (κ2) is 8.43. The molecule has 0 saturated carbocycles. The molecule has 1 saturated heterocycles. The Morgan fingerprint density at radius 2 is 1.65 bits per heavy atom. The first-order valence-corrected chi connectivity index (χ1v) is 9.06. The lowest BCUT2D eigenvalue weighted by atomic mass is 10.0. The third kappa shape index (κ3) is 4.68. The molecule has 1 fully saturated rings. The molecule has 26 heavy (non-hydrogen) atoms. The fourth-order valence-electron chi connectivity index (χ4n) is 3.27. The summed E-state index contributed by atoms with van der Waals surface area (Å²) in [4.78, 5) is 17.2. The monoisotopic (exact) mass is 355 g/mol. The van der Waals surface area contributed by atoms with Crippen LogP contribution in [0.25, 0.3) is 0 Å². The standard InChI is InChI=1S/C21H26FN3O/c1-16-3-5-17(6-4-16)20(25-13-11-24(2)12-14-25)15-23-21(26)18-7-9-19(22)10-8-18/h3-10,20H,11-15H2,1-2H3,(H,23,26)/t20-/m1/s1. The Bertz CT molecular complexity index is 722. The zero-order chi connectivity index (χ0) is 18.5. The van der Waals surface area contributed by atoms with Crippen LogP contribution in [0.5, 0.6) is 0 Å². The first-order chi connectivity index (χ1) is 12.5. The van der Waals surface area contributed by atoms with Gasteiger partial charge in [-0.3, -0.25) is 9.69 Å². The molecule has 1 heterocycles. The second-order valence-electron chi connectivity index (χ2n) is 6.98. The summed E-state index contributed by atoms with van der Waals surface area (Å²) >= 11 is 0. The number of piperazine rings is 1. The lowest BCUT2D eigenvalue weighted by Crippen LogP contribution is -2.48. The smallest absolute Gasteiger partial charge is 0.251 e. The summed E-state index contributed by atoms with van der Waals surface area (Å²) in [6.07, 6.45) is 0. The largest absolute Gasteiger partial charge is 0.350 e. The van der Waals surface area contributed by atoms with Crippen LogP contribution < -0.4 is 5.32 Å². The van der Waals surface area contributed by atoms with E-state index in [4.69, 9.17) is 0 Å². The summed E-state index contributed by atoms with van der Waals surface area (Å²) in [6.45, 7) is 6.60. The molecule has 5 heteroatoms. The van der Waals surface area contributed by atoms with Crippen LogP contribution in [0.15, 0.2) is 48.5 Å². The van der Waals surface area contributed by atoms with E-state index in [1.807, 2.05) is 0 Å². The fourth-order valence-corrected chi connectivity index (χ4v) is 3.27. The molecular formula is C21H26FN3O. The highest BCUT2D eigenvalue weighted by atomic mass is 19.1. The predicted octanol–water partition coefficient (Wildman–Crippen LogP) is 2.85. The maximum atomic E-state index is 13.1. The van der Waals surface area contributed by atoms with E-state index in [2.05, 4.69) is 53.4 Å². The van der Waals surface area contributed by atoms with Crippen LogP contribution in [0.2, 0.25) is 0 Å². The minimum atomic E-state index is -0.337. The number of hydrogen-bond acceptors (Lipinski definition) is 3. The molecule has 0 unspecified atom stereocenters.